The van der Waals surface area contributed by atoms with Crippen LogP contribution >= 0.6 is 0 Å². The van der Waals surface area contributed by atoms with Crippen molar-refractivity contribution in [2.24, 2.45) is 5.92 Å². The molecule has 1 saturated carbocycles. The van der Waals surface area contributed by atoms with Crippen LogP contribution in [0.25, 0.3) is 0 Å². The monoisotopic (exact) mass is 331 g/mol. The van der Waals surface area contributed by atoms with Gasteiger partial charge >= 0.3 is 0 Å². The molecule has 2 rings (SSSR count). The highest BCUT2D eigenvalue weighted by Crippen LogP contribution is 2.30. The molecular formula is C20H31N2O2. The van der Waals surface area contributed by atoms with Crippen LogP contribution in [-0.2, 0) is 4.79 Å². The van der Waals surface area contributed by atoms with E-state index >= 15 is 0 Å². The molecule has 0 saturated heterocycles. The molecule has 0 heterocycles. The SMILES string of the molecule is [CH2]c1ccc(C(C)C)c(N[C@@H](CCC2CCCCC2)C(=O)NO)c1. The third-order valence-electron chi connectivity index (χ3n) is 5.08. The number of rotatable bonds is 7. The Morgan fingerprint density at radius 2 is 2.00 bits per heavy atom. The van der Waals surface area contributed by atoms with Crippen molar-refractivity contribution < 1.29 is 10.0 Å². The Morgan fingerprint density at radius 3 is 2.62 bits per heavy atom. The second-order valence-corrected chi connectivity index (χ2v) is 7.33. The van der Waals surface area contributed by atoms with Crippen molar-refractivity contribution in [3.63, 3.8) is 0 Å². The summed E-state index contributed by atoms with van der Waals surface area (Å²) in [4.78, 5) is 12.1. The highest BCUT2D eigenvalue weighted by molar-refractivity contribution is 5.84. The standard InChI is InChI=1S/C20H31N2O2/c1-14(2)17-11-9-15(3)13-19(17)21-18(20(23)22-24)12-10-16-7-5-4-6-8-16/h9,11,13-14,16,18,21,24H,3-8,10,12H2,1-2H3,(H,22,23)/t18-/m0/s1. The molecule has 3 N–H and O–H groups in total. The number of carbonyl (C=O) groups excluding carboxylic acids is 1. The first-order chi connectivity index (χ1) is 11.5. The molecule has 133 valence electrons. The van der Waals surface area contributed by atoms with Crippen molar-refractivity contribution in [2.75, 3.05) is 5.32 Å². The van der Waals surface area contributed by atoms with Gasteiger partial charge < -0.3 is 5.32 Å². The maximum atomic E-state index is 12.1. The smallest absolute Gasteiger partial charge is 0.265 e. The van der Waals surface area contributed by atoms with E-state index in [1.165, 1.54) is 32.1 Å². The van der Waals surface area contributed by atoms with Gasteiger partial charge in [-0.2, -0.15) is 0 Å². The van der Waals surface area contributed by atoms with Gasteiger partial charge in [0.25, 0.3) is 5.91 Å². The zero-order valence-electron chi connectivity index (χ0n) is 15.0. The van der Waals surface area contributed by atoms with Crippen LogP contribution in [0.1, 0.15) is 75.8 Å². The Kier molecular flexibility index (Phi) is 7.10. The average Bonchev–Trinajstić information content (AvgIpc) is 2.58. The maximum Gasteiger partial charge on any atom is 0.265 e. The summed E-state index contributed by atoms with van der Waals surface area (Å²) in [6, 6.07) is 5.61. The van der Waals surface area contributed by atoms with Gasteiger partial charge in [-0.15, -0.1) is 0 Å². The molecule has 0 bridgehead atoms. The van der Waals surface area contributed by atoms with Gasteiger partial charge in [-0.05, 0) is 48.8 Å². The van der Waals surface area contributed by atoms with E-state index in [9.17, 15) is 4.79 Å². The van der Waals surface area contributed by atoms with Gasteiger partial charge in [-0.3, -0.25) is 10.0 Å². The van der Waals surface area contributed by atoms with E-state index in [-0.39, 0.29) is 5.91 Å². The average molecular weight is 331 g/mol. The van der Waals surface area contributed by atoms with Crippen molar-refractivity contribution in [1.82, 2.24) is 5.48 Å². The minimum absolute atomic E-state index is 0.351. The van der Waals surface area contributed by atoms with E-state index in [4.69, 9.17) is 5.21 Å². The molecule has 1 aromatic carbocycles. The number of nitrogens with one attached hydrogen (secondary N) is 2. The van der Waals surface area contributed by atoms with Gasteiger partial charge in [0, 0.05) is 5.69 Å². The van der Waals surface area contributed by atoms with Crippen molar-refractivity contribution >= 4 is 11.6 Å². The van der Waals surface area contributed by atoms with E-state index < -0.39 is 6.04 Å². The molecule has 0 aliphatic heterocycles. The van der Waals surface area contributed by atoms with Crippen molar-refractivity contribution in [2.45, 2.75) is 70.8 Å². The predicted octanol–water partition coefficient (Wildman–Crippen LogP) is 4.64. The van der Waals surface area contributed by atoms with Gasteiger partial charge in [-0.1, -0.05) is 58.1 Å². The Morgan fingerprint density at radius 1 is 1.29 bits per heavy atom. The number of anilines is 1. The summed E-state index contributed by atoms with van der Waals surface area (Å²) < 4.78 is 0. The first kappa shape index (κ1) is 18.8. The summed E-state index contributed by atoms with van der Waals surface area (Å²) in [5, 5.41) is 12.4. The third kappa shape index (κ3) is 5.23. The van der Waals surface area contributed by atoms with Gasteiger partial charge in [-0.25, -0.2) is 5.48 Å². The van der Waals surface area contributed by atoms with Crippen molar-refractivity contribution in [3.8, 4) is 0 Å². The molecule has 1 radical (unpaired) electrons. The minimum atomic E-state index is -0.420. The van der Waals surface area contributed by atoms with E-state index in [2.05, 4.69) is 32.2 Å². The first-order valence-electron chi connectivity index (χ1n) is 9.17. The minimum Gasteiger partial charge on any atom is -0.373 e. The molecule has 1 amide bonds. The van der Waals surface area contributed by atoms with Crippen molar-refractivity contribution in [3.05, 3.63) is 36.2 Å². The van der Waals surface area contributed by atoms with E-state index in [1.54, 1.807) is 0 Å². The molecule has 1 atom stereocenters. The van der Waals surface area contributed by atoms with Crippen LogP contribution in [0.2, 0.25) is 0 Å². The fourth-order valence-electron chi connectivity index (χ4n) is 3.64. The topological polar surface area (TPSA) is 61.4 Å². The first-order valence-corrected chi connectivity index (χ1v) is 9.17. The van der Waals surface area contributed by atoms with Crippen LogP contribution in [0.3, 0.4) is 0 Å². The highest BCUT2D eigenvalue weighted by atomic mass is 16.5. The number of carbonyl (C=O) groups is 1. The third-order valence-corrected chi connectivity index (χ3v) is 5.08. The number of hydrogen-bond donors (Lipinski definition) is 3. The quantitative estimate of drug-likeness (QED) is 0.504. The number of benzene rings is 1. The Labute approximate surface area is 146 Å². The van der Waals surface area contributed by atoms with Crippen LogP contribution in [-0.4, -0.2) is 17.2 Å². The number of amides is 1. The fourth-order valence-corrected chi connectivity index (χ4v) is 3.64. The number of hydrogen-bond acceptors (Lipinski definition) is 3. The molecular weight excluding hydrogens is 300 g/mol. The summed E-state index contributed by atoms with van der Waals surface area (Å²) in [5.74, 6) is 0.692. The summed E-state index contributed by atoms with van der Waals surface area (Å²) >= 11 is 0. The molecule has 0 unspecified atom stereocenters. The van der Waals surface area contributed by atoms with E-state index in [0.29, 0.717) is 11.8 Å². The van der Waals surface area contributed by atoms with Gasteiger partial charge in [0.1, 0.15) is 6.04 Å². The zero-order valence-corrected chi connectivity index (χ0v) is 15.0. The lowest BCUT2D eigenvalue weighted by Crippen LogP contribution is -2.38. The number of hydroxylamine groups is 1. The molecule has 4 nitrogen and oxygen atoms in total. The lowest BCUT2D eigenvalue weighted by atomic mass is 9.85. The fraction of sp³-hybridized carbons (Fsp3) is 0.600. The summed E-state index contributed by atoms with van der Waals surface area (Å²) in [6.45, 7) is 8.25. The molecule has 0 spiro atoms. The largest absolute Gasteiger partial charge is 0.373 e. The van der Waals surface area contributed by atoms with E-state index in [0.717, 1.165) is 29.7 Å². The molecule has 4 heteroatoms. The van der Waals surface area contributed by atoms with Crippen LogP contribution in [0.15, 0.2) is 18.2 Å². The molecule has 0 aromatic heterocycles. The molecule has 1 aliphatic carbocycles. The lowest BCUT2D eigenvalue weighted by molar-refractivity contribution is -0.130. The second-order valence-electron chi connectivity index (χ2n) is 7.33. The van der Waals surface area contributed by atoms with Crippen LogP contribution in [0, 0.1) is 12.8 Å². The molecule has 1 aliphatic rings. The second kappa shape index (κ2) is 9.07. The zero-order chi connectivity index (χ0) is 17.5. The van der Waals surface area contributed by atoms with Crippen LogP contribution in [0.4, 0.5) is 5.69 Å². The maximum absolute atomic E-state index is 12.1. The van der Waals surface area contributed by atoms with Gasteiger partial charge in [0.15, 0.2) is 0 Å². The van der Waals surface area contributed by atoms with Gasteiger partial charge in [0.2, 0.25) is 0 Å². The predicted molar refractivity (Wildman–Crippen MR) is 98.1 cm³/mol. The summed E-state index contributed by atoms with van der Waals surface area (Å²) in [5.41, 5.74) is 4.84. The van der Waals surface area contributed by atoms with Crippen LogP contribution < -0.4 is 10.8 Å². The Hall–Kier alpha value is -1.55. The Balaban J connectivity index is 2.08. The summed E-state index contributed by atoms with van der Waals surface area (Å²) in [6.07, 6.45) is 8.22. The molecule has 24 heavy (non-hydrogen) atoms. The van der Waals surface area contributed by atoms with E-state index in [1.807, 2.05) is 17.6 Å². The lowest BCUT2D eigenvalue weighted by Gasteiger charge is -2.25. The summed E-state index contributed by atoms with van der Waals surface area (Å²) in [7, 11) is 0. The van der Waals surface area contributed by atoms with Crippen LogP contribution in [0.5, 0.6) is 0 Å². The van der Waals surface area contributed by atoms with Crippen molar-refractivity contribution in [1.29, 1.82) is 0 Å². The molecule has 1 aromatic rings. The highest BCUT2D eigenvalue weighted by Gasteiger charge is 2.22. The Bertz CT molecular complexity index is 536. The van der Waals surface area contributed by atoms with Gasteiger partial charge in [0.05, 0.1) is 0 Å². The molecule has 1 fully saturated rings. The normalized spacial score (nSPS) is 16.9.